The van der Waals surface area contributed by atoms with Crippen LogP contribution in [-0.2, 0) is 11.2 Å². The van der Waals surface area contributed by atoms with Crippen molar-refractivity contribution in [2.45, 2.75) is 26.1 Å². The van der Waals surface area contributed by atoms with E-state index in [2.05, 4.69) is 10.2 Å². The van der Waals surface area contributed by atoms with Crippen molar-refractivity contribution in [1.29, 1.82) is 0 Å². The third kappa shape index (κ3) is 6.84. The molecule has 0 radical (unpaired) electrons. The number of carboxylic acids is 1. The van der Waals surface area contributed by atoms with E-state index in [4.69, 9.17) is 20.1 Å². The van der Waals surface area contributed by atoms with Crippen LogP contribution in [0.1, 0.15) is 24.9 Å². The van der Waals surface area contributed by atoms with Crippen molar-refractivity contribution in [3.8, 4) is 11.5 Å². The first kappa shape index (κ1) is 22.8. The summed E-state index contributed by atoms with van der Waals surface area (Å²) in [5, 5.41) is 15.2. The van der Waals surface area contributed by atoms with Gasteiger partial charge in [-0.25, -0.2) is 4.79 Å². The first-order valence-electron chi connectivity index (χ1n) is 7.76. The standard InChI is InChI=1S/C16H15N3O.C2HF3O2.CH4/c17-14(11-12-7-3-1-4-8-12)16-19-18-15(20-16)13-9-5-2-6-10-13;3-2(4,5)1(6)7;/h1-10,14H,11,17H2;(H,6,7);1H4/t14-;;/m0../s1. The molecule has 1 aromatic heterocycles. The molecule has 0 fully saturated rings. The van der Waals surface area contributed by atoms with Gasteiger partial charge in [0.05, 0.1) is 6.04 Å². The number of nitrogens with zero attached hydrogens (tertiary/aromatic N) is 2. The minimum absolute atomic E-state index is 0. The third-order valence-electron chi connectivity index (χ3n) is 3.32. The lowest BCUT2D eigenvalue weighted by Gasteiger charge is -2.06. The Hall–Kier alpha value is -3.20. The van der Waals surface area contributed by atoms with Gasteiger partial charge in [-0.15, -0.1) is 10.2 Å². The van der Waals surface area contributed by atoms with Crippen LogP contribution in [0, 0.1) is 0 Å². The Morgan fingerprint density at radius 2 is 1.54 bits per heavy atom. The fourth-order valence-corrected chi connectivity index (χ4v) is 2.04. The van der Waals surface area contributed by atoms with E-state index in [9.17, 15) is 13.2 Å². The summed E-state index contributed by atoms with van der Waals surface area (Å²) in [6.07, 6.45) is -4.41. The molecule has 0 aliphatic rings. The highest BCUT2D eigenvalue weighted by Crippen LogP contribution is 2.21. The normalized spacial score (nSPS) is 11.6. The number of hydrogen-bond donors (Lipinski definition) is 2. The fourth-order valence-electron chi connectivity index (χ4n) is 2.04. The summed E-state index contributed by atoms with van der Waals surface area (Å²) in [5.74, 6) is -1.79. The molecular formula is C19H20F3N3O3. The van der Waals surface area contributed by atoms with Crippen molar-refractivity contribution < 1.29 is 27.5 Å². The van der Waals surface area contributed by atoms with E-state index < -0.39 is 12.1 Å². The van der Waals surface area contributed by atoms with Crippen molar-refractivity contribution >= 4 is 5.97 Å². The number of rotatable bonds is 4. The lowest BCUT2D eigenvalue weighted by Crippen LogP contribution is -2.21. The molecule has 150 valence electrons. The van der Waals surface area contributed by atoms with Crippen LogP contribution in [0.3, 0.4) is 0 Å². The summed E-state index contributed by atoms with van der Waals surface area (Å²) in [6.45, 7) is 0. The molecule has 2 aromatic carbocycles. The SMILES string of the molecule is C.N[C@@H](Cc1ccccc1)c1nnc(-c2ccccc2)o1.O=C(O)C(F)(F)F. The Kier molecular flexibility index (Phi) is 8.33. The minimum Gasteiger partial charge on any atom is -0.475 e. The third-order valence-corrected chi connectivity index (χ3v) is 3.32. The predicted octanol–water partition coefficient (Wildman–Crippen LogP) is 4.25. The number of carboxylic acid groups (broad SMARTS) is 1. The van der Waals surface area contributed by atoms with E-state index >= 15 is 0 Å². The molecule has 0 saturated carbocycles. The number of halogens is 3. The van der Waals surface area contributed by atoms with E-state index in [1.807, 2.05) is 60.7 Å². The maximum Gasteiger partial charge on any atom is 0.490 e. The Bertz CT molecular complexity index is 853. The highest BCUT2D eigenvalue weighted by molar-refractivity contribution is 5.73. The zero-order valence-electron chi connectivity index (χ0n) is 13.9. The van der Waals surface area contributed by atoms with Crippen molar-refractivity contribution in [3.05, 3.63) is 72.1 Å². The van der Waals surface area contributed by atoms with Gasteiger partial charge in [0.1, 0.15) is 0 Å². The molecule has 0 amide bonds. The lowest BCUT2D eigenvalue weighted by molar-refractivity contribution is -0.192. The number of benzene rings is 2. The van der Waals surface area contributed by atoms with Crippen LogP contribution < -0.4 is 5.73 Å². The van der Waals surface area contributed by atoms with Gasteiger partial charge in [0, 0.05) is 5.56 Å². The zero-order valence-corrected chi connectivity index (χ0v) is 13.9. The zero-order chi connectivity index (χ0) is 19.9. The molecule has 1 atom stereocenters. The quantitative estimate of drug-likeness (QED) is 0.685. The molecule has 28 heavy (non-hydrogen) atoms. The van der Waals surface area contributed by atoms with Crippen LogP contribution >= 0.6 is 0 Å². The summed E-state index contributed by atoms with van der Waals surface area (Å²) in [7, 11) is 0. The summed E-state index contributed by atoms with van der Waals surface area (Å²) in [4.78, 5) is 8.90. The highest BCUT2D eigenvalue weighted by atomic mass is 19.4. The number of aromatic nitrogens is 2. The fraction of sp³-hybridized carbons (Fsp3) is 0.211. The Morgan fingerprint density at radius 3 is 2.04 bits per heavy atom. The van der Waals surface area contributed by atoms with Crippen LogP contribution in [0.15, 0.2) is 65.1 Å². The van der Waals surface area contributed by atoms with Crippen molar-refractivity contribution in [1.82, 2.24) is 10.2 Å². The summed E-state index contributed by atoms with van der Waals surface area (Å²) >= 11 is 0. The Balaban J connectivity index is 0.000000425. The molecule has 9 heteroatoms. The van der Waals surface area contributed by atoms with Gasteiger partial charge < -0.3 is 15.3 Å². The topological polar surface area (TPSA) is 102 Å². The Morgan fingerprint density at radius 1 is 1.04 bits per heavy atom. The molecule has 3 N–H and O–H groups in total. The van der Waals surface area contributed by atoms with Crippen LogP contribution in [0.25, 0.3) is 11.5 Å². The van der Waals surface area contributed by atoms with Crippen LogP contribution in [0.5, 0.6) is 0 Å². The van der Waals surface area contributed by atoms with Crippen molar-refractivity contribution in [2.24, 2.45) is 5.73 Å². The number of aliphatic carboxylic acids is 1. The molecule has 0 aliphatic carbocycles. The number of nitrogens with two attached hydrogens (primary N) is 1. The molecule has 0 unspecified atom stereocenters. The van der Waals surface area contributed by atoms with Crippen molar-refractivity contribution in [2.75, 3.05) is 0 Å². The molecule has 0 spiro atoms. The van der Waals surface area contributed by atoms with Gasteiger partial charge in [-0.2, -0.15) is 13.2 Å². The van der Waals surface area contributed by atoms with Gasteiger partial charge in [0.15, 0.2) is 0 Å². The summed E-state index contributed by atoms with van der Waals surface area (Å²) in [6, 6.07) is 19.4. The maximum absolute atomic E-state index is 10.6. The maximum atomic E-state index is 10.6. The summed E-state index contributed by atoms with van der Waals surface area (Å²) in [5.41, 5.74) is 8.18. The van der Waals surface area contributed by atoms with E-state index in [0.29, 0.717) is 18.2 Å². The van der Waals surface area contributed by atoms with E-state index in [1.54, 1.807) is 0 Å². The molecule has 3 rings (SSSR count). The van der Waals surface area contributed by atoms with Crippen molar-refractivity contribution in [3.63, 3.8) is 0 Å². The predicted molar refractivity (Wildman–Crippen MR) is 97.2 cm³/mol. The summed E-state index contributed by atoms with van der Waals surface area (Å²) < 4.78 is 37.4. The van der Waals surface area contributed by atoms with Gasteiger partial charge in [-0.05, 0) is 24.1 Å². The second kappa shape index (κ2) is 10.2. The van der Waals surface area contributed by atoms with Crippen LogP contribution in [-0.4, -0.2) is 27.4 Å². The number of alkyl halides is 3. The number of hydrogen-bond acceptors (Lipinski definition) is 5. The Labute approximate surface area is 159 Å². The largest absolute Gasteiger partial charge is 0.490 e. The first-order chi connectivity index (χ1) is 12.8. The molecule has 3 aromatic rings. The lowest BCUT2D eigenvalue weighted by atomic mass is 10.1. The molecule has 0 saturated heterocycles. The van der Waals surface area contributed by atoms with Crippen LogP contribution in [0.2, 0.25) is 0 Å². The van der Waals surface area contributed by atoms with Gasteiger partial charge in [-0.3, -0.25) is 0 Å². The van der Waals surface area contributed by atoms with E-state index in [1.165, 1.54) is 0 Å². The first-order valence-corrected chi connectivity index (χ1v) is 7.76. The average molecular weight is 395 g/mol. The van der Waals surface area contributed by atoms with Gasteiger partial charge in [0.25, 0.3) is 0 Å². The monoisotopic (exact) mass is 395 g/mol. The van der Waals surface area contributed by atoms with Gasteiger partial charge >= 0.3 is 12.1 Å². The molecule has 1 heterocycles. The molecule has 6 nitrogen and oxygen atoms in total. The van der Waals surface area contributed by atoms with E-state index in [-0.39, 0.29) is 13.5 Å². The minimum atomic E-state index is -5.08. The van der Waals surface area contributed by atoms with Gasteiger partial charge in [0.2, 0.25) is 11.8 Å². The van der Waals surface area contributed by atoms with Crippen LogP contribution in [0.4, 0.5) is 13.2 Å². The van der Waals surface area contributed by atoms with E-state index in [0.717, 1.165) is 11.1 Å². The molecular weight excluding hydrogens is 375 g/mol. The van der Waals surface area contributed by atoms with Gasteiger partial charge in [-0.1, -0.05) is 56.0 Å². The highest BCUT2D eigenvalue weighted by Gasteiger charge is 2.38. The second-order valence-electron chi connectivity index (χ2n) is 5.41. The molecule has 0 bridgehead atoms. The average Bonchev–Trinajstić information content (AvgIpc) is 3.13. The smallest absolute Gasteiger partial charge is 0.475 e. The molecule has 0 aliphatic heterocycles. The number of carbonyl (C=O) groups is 1. The second-order valence-corrected chi connectivity index (χ2v) is 5.41.